The first-order chi connectivity index (χ1) is 8.95. The lowest BCUT2D eigenvalue weighted by molar-refractivity contribution is -0.159. The molecule has 0 aliphatic carbocycles. The summed E-state index contributed by atoms with van der Waals surface area (Å²) < 4.78 is 38.6. The Morgan fingerprint density at radius 3 is 2.15 bits per heavy atom. The van der Waals surface area contributed by atoms with Gasteiger partial charge < -0.3 is 15.7 Å². The molecule has 20 heavy (non-hydrogen) atoms. The molecule has 0 aliphatic rings. The van der Waals surface area contributed by atoms with Crippen LogP contribution in [0, 0.1) is 5.41 Å². The third-order valence-corrected chi connectivity index (χ3v) is 2.69. The van der Waals surface area contributed by atoms with Gasteiger partial charge in [0.1, 0.15) is 6.04 Å². The summed E-state index contributed by atoms with van der Waals surface area (Å²) in [5, 5.41) is 13.1. The van der Waals surface area contributed by atoms with Crippen LogP contribution in [0.5, 0.6) is 0 Å². The fraction of sp³-hybridized carbons (Fsp3) is 0.923. The van der Waals surface area contributed by atoms with Crippen LogP contribution in [0.2, 0.25) is 0 Å². The summed E-state index contributed by atoms with van der Waals surface area (Å²) in [4.78, 5) is 11.6. The van der Waals surface area contributed by atoms with Crippen molar-refractivity contribution >= 4 is 6.03 Å². The summed E-state index contributed by atoms with van der Waals surface area (Å²) in [5.74, 6) is 0. The first kappa shape index (κ1) is 19.0. The number of amides is 2. The number of aliphatic hydroxyl groups is 1. The van der Waals surface area contributed by atoms with E-state index in [0.29, 0.717) is 12.8 Å². The van der Waals surface area contributed by atoms with E-state index in [-0.39, 0.29) is 19.1 Å². The predicted octanol–water partition coefficient (Wildman–Crippen LogP) is 2.81. The topological polar surface area (TPSA) is 61.4 Å². The van der Waals surface area contributed by atoms with Gasteiger partial charge in [-0.1, -0.05) is 20.8 Å². The molecule has 4 nitrogen and oxygen atoms in total. The van der Waals surface area contributed by atoms with E-state index >= 15 is 0 Å². The molecule has 2 atom stereocenters. The Morgan fingerprint density at radius 2 is 1.75 bits per heavy atom. The largest absolute Gasteiger partial charge is 0.408 e. The van der Waals surface area contributed by atoms with Crippen LogP contribution in [0.3, 0.4) is 0 Å². The summed E-state index contributed by atoms with van der Waals surface area (Å²) >= 11 is 0. The van der Waals surface area contributed by atoms with Crippen LogP contribution in [-0.2, 0) is 0 Å². The summed E-state index contributed by atoms with van der Waals surface area (Å²) in [5.41, 5.74) is -0.546. The van der Waals surface area contributed by atoms with Crippen molar-refractivity contribution < 1.29 is 23.1 Å². The fourth-order valence-electron chi connectivity index (χ4n) is 1.75. The van der Waals surface area contributed by atoms with Crippen molar-refractivity contribution in [3.05, 3.63) is 0 Å². The van der Waals surface area contributed by atoms with Gasteiger partial charge in [0.2, 0.25) is 0 Å². The summed E-state index contributed by atoms with van der Waals surface area (Å²) in [6, 6.07) is -2.99. The molecule has 0 fully saturated rings. The highest BCUT2D eigenvalue weighted by molar-refractivity contribution is 5.74. The lowest BCUT2D eigenvalue weighted by Crippen LogP contribution is -2.52. The molecule has 2 amide bonds. The first-order valence-corrected chi connectivity index (χ1v) is 6.70. The molecule has 0 aromatic rings. The lowest BCUT2D eigenvalue weighted by atomic mass is 9.88. The van der Waals surface area contributed by atoms with Gasteiger partial charge in [-0.25, -0.2) is 4.79 Å². The van der Waals surface area contributed by atoms with Gasteiger partial charge in [-0.05, 0) is 31.6 Å². The van der Waals surface area contributed by atoms with Crippen LogP contribution in [-0.4, -0.2) is 36.0 Å². The normalized spacial score (nSPS) is 15.6. The van der Waals surface area contributed by atoms with Crippen molar-refractivity contribution in [3.63, 3.8) is 0 Å². The van der Waals surface area contributed by atoms with Crippen LogP contribution in [0.4, 0.5) is 18.0 Å². The van der Waals surface area contributed by atoms with Gasteiger partial charge in [-0.15, -0.1) is 0 Å². The van der Waals surface area contributed by atoms with Crippen molar-refractivity contribution in [2.45, 2.75) is 65.2 Å². The monoisotopic (exact) mass is 298 g/mol. The van der Waals surface area contributed by atoms with Crippen LogP contribution < -0.4 is 10.6 Å². The molecule has 0 heterocycles. The van der Waals surface area contributed by atoms with E-state index in [4.69, 9.17) is 5.11 Å². The van der Waals surface area contributed by atoms with Crippen LogP contribution >= 0.6 is 0 Å². The number of hydrogen-bond acceptors (Lipinski definition) is 2. The van der Waals surface area contributed by atoms with Crippen molar-refractivity contribution in [2.75, 3.05) is 6.61 Å². The van der Waals surface area contributed by atoms with E-state index in [2.05, 4.69) is 5.32 Å². The minimum absolute atomic E-state index is 0.0111. The zero-order valence-corrected chi connectivity index (χ0v) is 12.5. The number of carbonyl (C=O) groups is 1. The molecular formula is C13H25F3N2O2. The van der Waals surface area contributed by atoms with Crippen molar-refractivity contribution in [1.29, 1.82) is 0 Å². The third-order valence-electron chi connectivity index (χ3n) is 2.69. The maximum absolute atomic E-state index is 12.9. The fourth-order valence-corrected chi connectivity index (χ4v) is 1.75. The number of rotatable bonds is 6. The number of urea groups is 1. The molecule has 0 aliphatic heterocycles. The SMILES string of the molecule is CC(CCCO)NC(=O)NC(CC(C)(C)C)C(F)(F)F. The average molecular weight is 298 g/mol. The van der Waals surface area contributed by atoms with E-state index in [1.165, 1.54) is 0 Å². The molecule has 2 unspecified atom stereocenters. The predicted molar refractivity (Wildman–Crippen MR) is 71.4 cm³/mol. The van der Waals surface area contributed by atoms with Crippen molar-refractivity contribution in [2.24, 2.45) is 5.41 Å². The molecule has 0 aromatic heterocycles. The Hall–Kier alpha value is -0.980. The molecule has 0 spiro atoms. The molecule has 0 saturated heterocycles. The van der Waals surface area contributed by atoms with E-state index in [9.17, 15) is 18.0 Å². The highest BCUT2D eigenvalue weighted by Gasteiger charge is 2.42. The molecule has 7 heteroatoms. The number of aliphatic hydroxyl groups excluding tert-OH is 1. The molecular weight excluding hydrogens is 273 g/mol. The summed E-state index contributed by atoms with van der Waals surface area (Å²) in [6.45, 7) is 6.74. The third kappa shape index (κ3) is 9.01. The Morgan fingerprint density at radius 1 is 1.20 bits per heavy atom. The summed E-state index contributed by atoms with van der Waals surface area (Å²) in [6.07, 6.45) is -3.65. The highest BCUT2D eigenvalue weighted by atomic mass is 19.4. The van der Waals surface area contributed by atoms with E-state index in [1.54, 1.807) is 27.7 Å². The van der Waals surface area contributed by atoms with Crippen molar-refractivity contribution in [1.82, 2.24) is 10.6 Å². The van der Waals surface area contributed by atoms with Gasteiger partial charge in [0.15, 0.2) is 0 Å². The minimum Gasteiger partial charge on any atom is -0.396 e. The maximum Gasteiger partial charge on any atom is 0.408 e. The number of nitrogens with one attached hydrogen (secondary N) is 2. The van der Waals surface area contributed by atoms with E-state index < -0.39 is 23.7 Å². The van der Waals surface area contributed by atoms with E-state index in [0.717, 1.165) is 0 Å². The lowest BCUT2D eigenvalue weighted by Gasteiger charge is -2.29. The molecule has 0 radical (unpaired) electrons. The van der Waals surface area contributed by atoms with Gasteiger partial charge in [0, 0.05) is 12.6 Å². The van der Waals surface area contributed by atoms with E-state index in [1.807, 2.05) is 5.32 Å². The second kappa shape index (κ2) is 7.71. The number of halogens is 3. The molecule has 120 valence electrons. The first-order valence-electron chi connectivity index (χ1n) is 6.70. The highest BCUT2D eigenvalue weighted by Crippen LogP contribution is 2.30. The van der Waals surface area contributed by atoms with Gasteiger partial charge >= 0.3 is 12.2 Å². The van der Waals surface area contributed by atoms with Gasteiger partial charge in [-0.2, -0.15) is 13.2 Å². The number of alkyl halides is 3. The maximum atomic E-state index is 12.9. The Kier molecular flexibility index (Phi) is 7.33. The van der Waals surface area contributed by atoms with Gasteiger partial charge in [-0.3, -0.25) is 0 Å². The molecule has 0 bridgehead atoms. The van der Waals surface area contributed by atoms with Crippen LogP contribution in [0.1, 0.15) is 47.0 Å². The van der Waals surface area contributed by atoms with Crippen molar-refractivity contribution in [3.8, 4) is 0 Å². The zero-order chi connectivity index (χ0) is 16.0. The van der Waals surface area contributed by atoms with Gasteiger partial charge in [0.25, 0.3) is 0 Å². The molecule has 0 aromatic carbocycles. The smallest absolute Gasteiger partial charge is 0.396 e. The number of carbonyl (C=O) groups excluding carboxylic acids is 1. The molecule has 3 N–H and O–H groups in total. The molecule has 0 saturated carbocycles. The second-order valence-electron chi connectivity index (χ2n) is 6.24. The Labute approximate surface area is 118 Å². The summed E-state index contributed by atoms with van der Waals surface area (Å²) in [7, 11) is 0. The Balaban J connectivity index is 4.47. The molecule has 0 rings (SSSR count). The van der Waals surface area contributed by atoms with Gasteiger partial charge in [0.05, 0.1) is 0 Å². The quantitative estimate of drug-likeness (QED) is 0.706. The number of hydrogen-bond donors (Lipinski definition) is 3. The second-order valence-corrected chi connectivity index (χ2v) is 6.24. The van der Waals surface area contributed by atoms with Crippen LogP contribution in [0.25, 0.3) is 0 Å². The standard InChI is InChI=1S/C13H25F3N2O2/c1-9(6-5-7-19)17-11(20)18-10(13(14,15)16)8-12(2,3)4/h9-10,19H,5-8H2,1-4H3,(H2,17,18,20). The average Bonchev–Trinajstić information content (AvgIpc) is 2.22. The Bertz CT molecular complexity index is 301. The zero-order valence-electron chi connectivity index (χ0n) is 12.5. The van der Waals surface area contributed by atoms with Crippen LogP contribution in [0.15, 0.2) is 0 Å². The minimum atomic E-state index is -4.47.